The molecule has 0 spiro atoms. The van der Waals surface area contributed by atoms with Crippen molar-refractivity contribution in [3.05, 3.63) is 69.9 Å². The molecule has 0 bridgehead atoms. The second-order valence-electron chi connectivity index (χ2n) is 9.07. The van der Waals surface area contributed by atoms with Crippen LogP contribution in [0.5, 0.6) is 0 Å². The molecule has 1 unspecified atom stereocenters. The lowest BCUT2D eigenvalue weighted by Crippen LogP contribution is -2.52. The van der Waals surface area contributed by atoms with Gasteiger partial charge in [-0.3, -0.25) is 19.7 Å². The number of rotatable bonds is 3. The molecule has 2 atom stereocenters. The molecule has 1 N–H and O–H groups in total. The maximum atomic E-state index is 13.1. The van der Waals surface area contributed by atoms with Crippen LogP contribution in [0, 0.1) is 0 Å². The van der Waals surface area contributed by atoms with Gasteiger partial charge in [0.2, 0.25) is 11.8 Å². The van der Waals surface area contributed by atoms with Gasteiger partial charge >= 0.3 is 0 Å². The second kappa shape index (κ2) is 8.06. The zero-order chi connectivity index (χ0) is 23.4. The van der Waals surface area contributed by atoms with Crippen LogP contribution in [0.15, 0.2) is 42.6 Å². The van der Waals surface area contributed by atoms with E-state index in [1.807, 2.05) is 35.1 Å². The Bertz CT molecular complexity index is 1350. The topological polar surface area (TPSA) is 97.2 Å². The van der Waals surface area contributed by atoms with Crippen LogP contribution in [0.2, 0.25) is 5.02 Å². The van der Waals surface area contributed by atoms with Gasteiger partial charge in [0.05, 0.1) is 12.2 Å². The lowest BCUT2D eigenvalue weighted by molar-refractivity contribution is -0.136. The van der Waals surface area contributed by atoms with E-state index in [4.69, 9.17) is 11.6 Å². The van der Waals surface area contributed by atoms with Gasteiger partial charge in [0, 0.05) is 29.1 Å². The van der Waals surface area contributed by atoms with Crippen LogP contribution in [-0.4, -0.2) is 43.7 Å². The minimum absolute atomic E-state index is 0.0575. The molecule has 3 aromatic rings. The Balaban J connectivity index is 1.32. The first-order chi connectivity index (χ1) is 16.5. The summed E-state index contributed by atoms with van der Waals surface area (Å²) in [5.41, 5.74) is 5.36. The third-order valence-corrected chi connectivity index (χ3v) is 7.31. The first-order valence-corrected chi connectivity index (χ1v) is 11.8. The minimum Gasteiger partial charge on any atom is -0.322 e. The first-order valence-electron chi connectivity index (χ1n) is 11.5. The largest absolute Gasteiger partial charge is 0.322 e. The van der Waals surface area contributed by atoms with Gasteiger partial charge in [-0.25, -0.2) is 4.68 Å². The van der Waals surface area contributed by atoms with Gasteiger partial charge < -0.3 is 4.90 Å². The van der Waals surface area contributed by atoms with Crippen molar-refractivity contribution in [2.75, 3.05) is 0 Å². The number of imide groups is 1. The van der Waals surface area contributed by atoms with Crippen molar-refractivity contribution in [1.82, 2.24) is 25.2 Å². The van der Waals surface area contributed by atoms with Gasteiger partial charge in [0.15, 0.2) is 0 Å². The second-order valence-corrected chi connectivity index (χ2v) is 9.50. The molecular weight excluding hydrogens is 454 g/mol. The summed E-state index contributed by atoms with van der Waals surface area (Å²) in [5, 5.41) is 11.9. The van der Waals surface area contributed by atoms with Crippen molar-refractivity contribution in [1.29, 1.82) is 0 Å². The van der Waals surface area contributed by atoms with E-state index in [2.05, 4.69) is 21.7 Å². The molecule has 0 saturated carbocycles. The molecule has 9 heteroatoms. The zero-order valence-electron chi connectivity index (χ0n) is 18.3. The third-order valence-electron chi connectivity index (χ3n) is 7.08. The molecular formula is C25H22ClN5O3. The van der Waals surface area contributed by atoms with Crippen LogP contribution in [-0.2, 0) is 22.6 Å². The fourth-order valence-corrected chi connectivity index (χ4v) is 5.58. The predicted molar refractivity (Wildman–Crippen MR) is 124 cm³/mol. The number of hydrogen-bond acceptors (Lipinski definition) is 5. The van der Waals surface area contributed by atoms with Gasteiger partial charge in [0.25, 0.3) is 5.91 Å². The lowest BCUT2D eigenvalue weighted by Gasteiger charge is -2.29. The highest BCUT2D eigenvalue weighted by molar-refractivity contribution is 6.30. The summed E-state index contributed by atoms with van der Waals surface area (Å²) >= 11 is 6.28. The monoisotopic (exact) mass is 475 g/mol. The fourth-order valence-electron chi connectivity index (χ4n) is 5.40. The number of nitrogens with one attached hydrogen (secondary N) is 1. The smallest absolute Gasteiger partial charge is 0.255 e. The molecule has 6 rings (SSSR count). The summed E-state index contributed by atoms with van der Waals surface area (Å²) in [7, 11) is 0. The van der Waals surface area contributed by atoms with Gasteiger partial charge in [-0.05, 0) is 60.6 Å². The van der Waals surface area contributed by atoms with E-state index >= 15 is 0 Å². The third kappa shape index (κ3) is 3.40. The Morgan fingerprint density at radius 1 is 1.00 bits per heavy atom. The summed E-state index contributed by atoms with van der Waals surface area (Å²) in [6.07, 6.45) is 5.52. The fraction of sp³-hybridized carbons (Fsp3) is 0.320. The van der Waals surface area contributed by atoms with Gasteiger partial charge in [-0.2, -0.15) is 0 Å². The van der Waals surface area contributed by atoms with Crippen LogP contribution >= 0.6 is 11.6 Å². The number of nitrogens with zero attached hydrogens (tertiary/aromatic N) is 4. The van der Waals surface area contributed by atoms with Gasteiger partial charge in [-0.15, -0.1) is 5.10 Å². The molecule has 1 fully saturated rings. The summed E-state index contributed by atoms with van der Waals surface area (Å²) in [4.78, 5) is 38.6. The van der Waals surface area contributed by atoms with Crippen molar-refractivity contribution in [3.63, 3.8) is 0 Å². The van der Waals surface area contributed by atoms with Crippen molar-refractivity contribution in [2.45, 2.75) is 50.7 Å². The molecule has 3 amide bonds. The van der Waals surface area contributed by atoms with Gasteiger partial charge in [0.1, 0.15) is 11.7 Å². The number of halogens is 1. The minimum atomic E-state index is -0.648. The standard InChI is InChI=1S/C25H22ClN5O3/c26-15-8-7-14-3-1-6-21(18(14)11-15)31-13-20(28-29-31)16-4-2-5-17-19(16)12-30(25(17)34)22-9-10-23(32)27-24(22)33/h2,4-5,7-8,11,13,21-22H,1,3,6,9-10,12H2,(H,27,32,33)/t21-,22?/m0/s1. The van der Waals surface area contributed by atoms with E-state index in [-0.39, 0.29) is 24.3 Å². The zero-order valence-corrected chi connectivity index (χ0v) is 19.1. The molecule has 34 heavy (non-hydrogen) atoms. The molecule has 0 radical (unpaired) electrons. The summed E-state index contributed by atoms with van der Waals surface area (Å²) in [6, 6.07) is 11.0. The summed E-state index contributed by atoms with van der Waals surface area (Å²) < 4.78 is 1.89. The van der Waals surface area contributed by atoms with Crippen molar-refractivity contribution in [2.24, 2.45) is 0 Å². The molecule has 1 aromatic heterocycles. The molecule has 2 aliphatic heterocycles. The molecule has 3 aliphatic rings. The number of hydrogen-bond donors (Lipinski definition) is 1. The predicted octanol–water partition coefficient (Wildman–Crippen LogP) is 3.29. The van der Waals surface area contributed by atoms with Crippen LogP contribution in [0.3, 0.4) is 0 Å². The first kappa shape index (κ1) is 21.0. The highest BCUT2D eigenvalue weighted by Crippen LogP contribution is 2.37. The Morgan fingerprint density at radius 3 is 2.71 bits per heavy atom. The quantitative estimate of drug-likeness (QED) is 0.586. The van der Waals surface area contributed by atoms with E-state index in [0.717, 1.165) is 30.4 Å². The molecule has 172 valence electrons. The highest BCUT2D eigenvalue weighted by Gasteiger charge is 2.40. The normalized spacial score (nSPS) is 21.9. The number of carbonyl (C=O) groups excluding carboxylic acids is 3. The summed E-state index contributed by atoms with van der Waals surface area (Å²) in [5.74, 6) is -0.914. The number of aryl methyl sites for hydroxylation is 1. The number of aromatic nitrogens is 3. The Morgan fingerprint density at radius 2 is 1.85 bits per heavy atom. The van der Waals surface area contributed by atoms with Crippen molar-refractivity contribution >= 4 is 29.3 Å². The van der Waals surface area contributed by atoms with Crippen LogP contribution in [0.4, 0.5) is 0 Å². The number of benzene rings is 2. The Hall–Kier alpha value is -3.52. The summed E-state index contributed by atoms with van der Waals surface area (Å²) in [6.45, 7) is 0.297. The maximum Gasteiger partial charge on any atom is 0.255 e. The number of carbonyl (C=O) groups is 3. The number of piperidine rings is 1. The van der Waals surface area contributed by atoms with E-state index in [1.165, 1.54) is 11.1 Å². The Labute approximate surface area is 200 Å². The highest BCUT2D eigenvalue weighted by atomic mass is 35.5. The molecule has 1 saturated heterocycles. The van der Waals surface area contributed by atoms with Crippen molar-refractivity contribution < 1.29 is 14.4 Å². The molecule has 2 aromatic carbocycles. The van der Waals surface area contributed by atoms with Crippen LogP contribution < -0.4 is 5.32 Å². The average molecular weight is 476 g/mol. The van der Waals surface area contributed by atoms with Crippen molar-refractivity contribution in [3.8, 4) is 11.3 Å². The Kier molecular flexibility index (Phi) is 4.99. The van der Waals surface area contributed by atoms with E-state index < -0.39 is 11.9 Å². The van der Waals surface area contributed by atoms with Crippen LogP contribution in [0.25, 0.3) is 11.3 Å². The number of fused-ring (bicyclic) bond motifs is 2. The van der Waals surface area contributed by atoms with E-state index in [1.54, 1.807) is 11.0 Å². The number of amides is 3. The van der Waals surface area contributed by atoms with Crippen LogP contribution in [0.1, 0.15) is 58.8 Å². The van der Waals surface area contributed by atoms with E-state index in [0.29, 0.717) is 29.2 Å². The molecule has 3 heterocycles. The SMILES string of the molecule is O=C1CCC(N2Cc3c(cccc3-c3cn([C@H]4CCCc5ccc(Cl)cc54)nn3)C2=O)C(=O)N1. The average Bonchev–Trinajstić information content (AvgIpc) is 3.44. The lowest BCUT2D eigenvalue weighted by atomic mass is 9.88. The van der Waals surface area contributed by atoms with E-state index in [9.17, 15) is 14.4 Å². The van der Waals surface area contributed by atoms with Gasteiger partial charge in [-0.1, -0.05) is 35.0 Å². The molecule has 8 nitrogen and oxygen atoms in total. The molecule has 1 aliphatic carbocycles. The maximum absolute atomic E-state index is 13.1.